The Morgan fingerprint density at radius 3 is 2.26 bits per heavy atom. The number of halogens is 1. The summed E-state index contributed by atoms with van der Waals surface area (Å²) in [6.07, 6.45) is 2.05. The van der Waals surface area contributed by atoms with E-state index in [1.54, 1.807) is 0 Å². The van der Waals surface area contributed by atoms with Crippen LogP contribution in [-0.4, -0.2) is 30.4 Å². The quantitative estimate of drug-likeness (QED) is 0.629. The fourth-order valence-corrected chi connectivity index (χ4v) is 1.96. The van der Waals surface area contributed by atoms with Crippen molar-refractivity contribution in [3.05, 3.63) is 0 Å². The van der Waals surface area contributed by atoms with E-state index in [-0.39, 0.29) is 30.8 Å². The molecule has 114 valence electrons. The summed E-state index contributed by atoms with van der Waals surface area (Å²) in [6.45, 7) is 8.44. The summed E-state index contributed by atoms with van der Waals surface area (Å²) >= 11 is 0. The van der Waals surface area contributed by atoms with Crippen LogP contribution in [0.5, 0.6) is 0 Å². The van der Waals surface area contributed by atoms with Gasteiger partial charge in [0.1, 0.15) is 0 Å². The second-order valence-corrected chi connectivity index (χ2v) is 5.44. The highest BCUT2D eigenvalue weighted by atomic mass is 35.5. The van der Waals surface area contributed by atoms with E-state index in [2.05, 4.69) is 24.5 Å². The van der Waals surface area contributed by atoms with Crippen LogP contribution >= 0.6 is 12.4 Å². The Bertz CT molecular complexity index is 285. The second-order valence-electron chi connectivity index (χ2n) is 5.44. The highest BCUT2D eigenvalue weighted by Crippen LogP contribution is 2.14. The number of amides is 2. The van der Waals surface area contributed by atoms with E-state index in [0.29, 0.717) is 18.9 Å². The zero-order chi connectivity index (χ0) is 14.2. The first-order valence-corrected chi connectivity index (χ1v) is 6.60. The van der Waals surface area contributed by atoms with Crippen LogP contribution in [-0.2, 0) is 9.59 Å². The monoisotopic (exact) mass is 293 g/mol. The average molecular weight is 294 g/mol. The Labute approximate surface area is 122 Å². The van der Waals surface area contributed by atoms with Crippen LogP contribution < -0.4 is 16.4 Å². The van der Waals surface area contributed by atoms with Gasteiger partial charge >= 0.3 is 0 Å². The summed E-state index contributed by atoms with van der Waals surface area (Å²) in [4.78, 5) is 23.0. The fourth-order valence-electron chi connectivity index (χ4n) is 1.96. The molecule has 0 rings (SSSR count). The van der Waals surface area contributed by atoms with Crippen LogP contribution in [0.25, 0.3) is 0 Å². The van der Waals surface area contributed by atoms with Gasteiger partial charge in [0.2, 0.25) is 11.8 Å². The lowest BCUT2D eigenvalue weighted by Crippen LogP contribution is -2.54. The fraction of sp³-hybridized carbons (Fsp3) is 0.846. The summed E-state index contributed by atoms with van der Waals surface area (Å²) < 4.78 is 0. The second kappa shape index (κ2) is 10.0. The summed E-state index contributed by atoms with van der Waals surface area (Å²) in [7, 11) is 0. The lowest BCUT2D eigenvalue weighted by atomic mass is 9.91. The summed E-state index contributed by atoms with van der Waals surface area (Å²) in [5, 5.41) is 5.48. The number of nitrogens with two attached hydrogens (primary N) is 1. The van der Waals surface area contributed by atoms with Crippen LogP contribution in [0.4, 0.5) is 0 Å². The minimum atomic E-state index is -0.402. The molecule has 0 spiro atoms. The van der Waals surface area contributed by atoms with Gasteiger partial charge in [-0.15, -0.1) is 12.4 Å². The van der Waals surface area contributed by atoms with E-state index in [9.17, 15) is 9.59 Å². The molecule has 4 N–H and O–H groups in total. The first-order chi connectivity index (χ1) is 8.33. The van der Waals surface area contributed by atoms with Gasteiger partial charge < -0.3 is 16.4 Å². The Morgan fingerprint density at radius 1 is 1.26 bits per heavy atom. The third-order valence-corrected chi connectivity index (χ3v) is 2.67. The maximum absolute atomic E-state index is 11.7. The zero-order valence-corrected chi connectivity index (χ0v) is 13.2. The lowest BCUT2D eigenvalue weighted by molar-refractivity contribution is -0.127. The minimum absolute atomic E-state index is 0. The molecule has 0 saturated carbocycles. The number of hydrogen-bond donors (Lipinski definition) is 3. The summed E-state index contributed by atoms with van der Waals surface area (Å²) in [6, 6.07) is 0. The third-order valence-electron chi connectivity index (χ3n) is 2.67. The highest BCUT2D eigenvalue weighted by Gasteiger charge is 2.25. The van der Waals surface area contributed by atoms with Gasteiger partial charge in [0.15, 0.2) is 0 Å². The highest BCUT2D eigenvalue weighted by molar-refractivity contribution is 5.85. The van der Waals surface area contributed by atoms with Gasteiger partial charge in [-0.25, -0.2) is 0 Å². The normalized spacial score (nSPS) is 13.4. The van der Waals surface area contributed by atoms with Crippen LogP contribution in [0.15, 0.2) is 0 Å². The molecule has 0 bridgehead atoms. The molecule has 0 aromatic carbocycles. The van der Waals surface area contributed by atoms with Crippen molar-refractivity contribution >= 4 is 24.2 Å². The van der Waals surface area contributed by atoms with E-state index >= 15 is 0 Å². The van der Waals surface area contributed by atoms with Crippen molar-refractivity contribution in [2.24, 2.45) is 11.7 Å². The molecule has 0 radical (unpaired) electrons. The van der Waals surface area contributed by atoms with Crippen LogP contribution in [0.1, 0.15) is 47.0 Å². The van der Waals surface area contributed by atoms with Crippen molar-refractivity contribution in [3.8, 4) is 0 Å². The molecule has 19 heavy (non-hydrogen) atoms. The molecule has 0 aromatic heterocycles. The Hall–Kier alpha value is -0.810. The largest absolute Gasteiger partial charge is 0.348 e. The summed E-state index contributed by atoms with van der Waals surface area (Å²) in [5.74, 6) is 0.174. The number of nitrogens with one attached hydrogen (secondary N) is 2. The molecule has 2 amide bonds. The predicted octanol–water partition coefficient (Wildman–Crippen LogP) is 1.20. The van der Waals surface area contributed by atoms with Crippen molar-refractivity contribution in [2.45, 2.75) is 52.5 Å². The number of carbonyl (C=O) groups is 2. The molecule has 0 aromatic rings. The van der Waals surface area contributed by atoms with Gasteiger partial charge in [0.05, 0.1) is 6.54 Å². The topological polar surface area (TPSA) is 84.2 Å². The lowest BCUT2D eigenvalue weighted by Gasteiger charge is -2.31. The van der Waals surface area contributed by atoms with Gasteiger partial charge in [-0.1, -0.05) is 20.8 Å². The molecule has 0 aliphatic rings. The molecule has 0 heterocycles. The average Bonchev–Trinajstić information content (AvgIpc) is 2.25. The number of hydrogen-bond acceptors (Lipinski definition) is 3. The van der Waals surface area contributed by atoms with Crippen LogP contribution in [0.2, 0.25) is 0 Å². The third kappa shape index (κ3) is 9.73. The first-order valence-electron chi connectivity index (χ1n) is 6.60. The zero-order valence-electron chi connectivity index (χ0n) is 12.4. The molecule has 6 heteroatoms. The molecular weight excluding hydrogens is 266 g/mol. The molecular formula is C13H28ClN3O2. The van der Waals surface area contributed by atoms with Gasteiger partial charge in [-0.05, 0) is 25.7 Å². The van der Waals surface area contributed by atoms with Crippen molar-refractivity contribution in [1.82, 2.24) is 10.6 Å². The van der Waals surface area contributed by atoms with E-state index in [4.69, 9.17) is 5.73 Å². The summed E-state index contributed by atoms with van der Waals surface area (Å²) in [5.41, 5.74) is 5.30. The van der Waals surface area contributed by atoms with Crippen molar-refractivity contribution in [3.63, 3.8) is 0 Å². The van der Waals surface area contributed by atoms with Gasteiger partial charge in [-0.3, -0.25) is 9.59 Å². The number of rotatable bonds is 8. The number of carbonyl (C=O) groups excluding carboxylic acids is 2. The maximum atomic E-state index is 11.7. The standard InChI is InChI=1S/C13H27N3O2.ClH/c1-5-6-11(17)15-8-12(18)16-13(4,9-14)7-10(2)3;/h10H,5-9,14H2,1-4H3,(H,15,17)(H,16,18);1H. The Kier molecular flexibility index (Phi) is 10.8. The maximum Gasteiger partial charge on any atom is 0.239 e. The Morgan fingerprint density at radius 2 is 1.84 bits per heavy atom. The molecule has 1 unspecified atom stereocenters. The van der Waals surface area contributed by atoms with Crippen LogP contribution in [0.3, 0.4) is 0 Å². The van der Waals surface area contributed by atoms with Crippen molar-refractivity contribution in [2.75, 3.05) is 13.1 Å². The SMILES string of the molecule is CCCC(=O)NCC(=O)NC(C)(CN)CC(C)C.Cl. The van der Waals surface area contributed by atoms with E-state index in [1.807, 2.05) is 13.8 Å². The van der Waals surface area contributed by atoms with Crippen LogP contribution in [0, 0.1) is 5.92 Å². The Balaban J connectivity index is 0. The van der Waals surface area contributed by atoms with Crippen molar-refractivity contribution in [1.29, 1.82) is 0 Å². The molecule has 0 saturated heterocycles. The van der Waals surface area contributed by atoms with E-state index < -0.39 is 5.54 Å². The molecule has 0 fully saturated rings. The van der Waals surface area contributed by atoms with Gasteiger partial charge in [0, 0.05) is 18.5 Å². The smallest absolute Gasteiger partial charge is 0.239 e. The molecule has 1 atom stereocenters. The van der Waals surface area contributed by atoms with Gasteiger partial charge in [0.25, 0.3) is 0 Å². The minimum Gasteiger partial charge on any atom is -0.348 e. The van der Waals surface area contributed by atoms with E-state index in [1.165, 1.54) is 0 Å². The molecule has 0 aliphatic carbocycles. The van der Waals surface area contributed by atoms with E-state index in [0.717, 1.165) is 12.8 Å². The van der Waals surface area contributed by atoms with Crippen molar-refractivity contribution < 1.29 is 9.59 Å². The predicted molar refractivity (Wildman–Crippen MR) is 80.2 cm³/mol. The molecule has 0 aliphatic heterocycles. The molecule has 5 nitrogen and oxygen atoms in total. The van der Waals surface area contributed by atoms with Gasteiger partial charge in [-0.2, -0.15) is 0 Å². The first kappa shape index (κ1) is 20.5.